The van der Waals surface area contributed by atoms with Crippen molar-refractivity contribution in [3.8, 4) is 0 Å². The van der Waals surface area contributed by atoms with E-state index < -0.39 is 0 Å². The predicted octanol–water partition coefficient (Wildman–Crippen LogP) is 4.24. The van der Waals surface area contributed by atoms with Crippen molar-refractivity contribution in [1.29, 1.82) is 0 Å². The molecule has 0 bridgehead atoms. The zero-order valence-electron chi connectivity index (χ0n) is 13.1. The Morgan fingerprint density at radius 3 is 2.57 bits per heavy atom. The fourth-order valence-electron chi connectivity index (χ4n) is 3.60. The van der Waals surface area contributed by atoms with Gasteiger partial charge in [-0.3, -0.25) is 9.78 Å². The summed E-state index contributed by atoms with van der Waals surface area (Å²) in [4.78, 5) is 19.7. The molecule has 1 N–H and O–H groups in total. The van der Waals surface area contributed by atoms with Crippen LogP contribution in [0.2, 0.25) is 0 Å². The molecule has 3 heteroatoms. The first-order valence-corrected chi connectivity index (χ1v) is 7.92. The van der Waals surface area contributed by atoms with Gasteiger partial charge in [0.25, 0.3) is 0 Å². The summed E-state index contributed by atoms with van der Waals surface area (Å²) in [5.41, 5.74) is 2.49. The molecule has 3 rings (SSSR count). The van der Waals surface area contributed by atoms with Crippen molar-refractivity contribution in [3.63, 3.8) is 0 Å². The van der Waals surface area contributed by atoms with Crippen LogP contribution < -0.4 is 5.43 Å². The largest absolute Gasteiger partial charge is 0.358 e. The van der Waals surface area contributed by atoms with Crippen molar-refractivity contribution in [2.75, 3.05) is 0 Å². The van der Waals surface area contributed by atoms with E-state index in [0.717, 1.165) is 17.1 Å². The molecule has 0 amide bonds. The number of aromatic nitrogens is 2. The Bertz CT molecular complexity index is 688. The topological polar surface area (TPSA) is 45.8 Å². The maximum absolute atomic E-state index is 12.2. The number of nitrogens with one attached hydrogen (secondary N) is 1. The van der Waals surface area contributed by atoms with Crippen LogP contribution in [0, 0.1) is 11.3 Å². The lowest BCUT2D eigenvalue weighted by atomic mass is 9.69. The molecule has 2 aromatic rings. The van der Waals surface area contributed by atoms with Gasteiger partial charge in [-0.15, -0.1) is 0 Å². The molecule has 112 valence electrons. The van der Waals surface area contributed by atoms with Crippen molar-refractivity contribution in [2.45, 2.75) is 52.4 Å². The van der Waals surface area contributed by atoms with Crippen LogP contribution in [-0.2, 0) is 0 Å². The van der Waals surface area contributed by atoms with Crippen LogP contribution in [0.4, 0.5) is 0 Å². The van der Waals surface area contributed by atoms with E-state index in [9.17, 15) is 4.79 Å². The minimum absolute atomic E-state index is 0.0878. The summed E-state index contributed by atoms with van der Waals surface area (Å²) in [5.74, 6) is 1.29. The fourth-order valence-corrected chi connectivity index (χ4v) is 3.60. The van der Waals surface area contributed by atoms with Gasteiger partial charge in [0.1, 0.15) is 0 Å². The van der Waals surface area contributed by atoms with Crippen molar-refractivity contribution < 1.29 is 0 Å². The van der Waals surface area contributed by atoms with Crippen molar-refractivity contribution >= 4 is 10.9 Å². The monoisotopic (exact) mass is 284 g/mol. The summed E-state index contributed by atoms with van der Waals surface area (Å²) in [5, 5.41) is 0.685. The highest BCUT2D eigenvalue weighted by Crippen LogP contribution is 2.42. The summed E-state index contributed by atoms with van der Waals surface area (Å²) >= 11 is 0. The maximum atomic E-state index is 12.2. The van der Waals surface area contributed by atoms with Gasteiger partial charge in [0, 0.05) is 24.2 Å². The number of rotatable bonds is 1. The Kier molecular flexibility index (Phi) is 3.60. The molecular weight excluding hydrogens is 260 g/mol. The molecule has 0 atom stereocenters. The van der Waals surface area contributed by atoms with E-state index in [2.05, 4.69) is 30.7 Å². The van der Waals surface area contributed by atoms with E-state index in [4.69, 9.17) is 0 Å². The summed E-state index contributed by atoms with van der Waals surface area (Å²) in [6, 6.07) is 3.67. The Balaban J connectivity index is 1.84. The molecule has 2 aromatic heterocycles. The molecule has 0 aliphatic heterocycles. The number of hydrogen-bond acceptors (Lipinski definition) is 2. The van der Waals surface area contributed by atoms with Crippen LogP contribution in [0.1, 0.15) is 58.1 Å². The molecule has 0 aromatic carbocycles. The molecule has 0 radical (unpaired) electrons. The second-order valence-electron chi connectivity index (χ2n) is 7.42. The number of pyridine rings is 2. The molecule has 1 saturated carbocycles. The minimum Gasteiger partial charge on any atom is -0.358 e. The highest BCUT2D eigenvalue weighted by Gasteiger charge is 2.30. The third-order valence-corrected chi connectivity index (χ3v) is 5.04. The lowest BCUT2D eigenvalue weighted by molar-refractivity contribution is 0.168. The quantitative estimate of drug-likeness (QED) is 0.851. The van der Waals surface area contributed by atoms with Crippen molar-refractivity contribution in [2.24, 2.45) is 11.3 Å². The van der Waals surface area contributed by atoms with Crippen LogP contribution in [-0.4, -0.2) is 9.97 Å². The second kappa shape index (κ2) is 5.28. The van der Waals surface area contributed by atoms with Gasteiger partial charge < -0.3 is 4.98 Å². The normalized spacial score (nSPS) is 23.4. The van der Waals surface area contributed by atoms with Crippen molar-refractivity contribution in [1.82, 2.24) is 9.97 Å². The van der Waals surface area contributed by atoms with Gasteiger partial charge in [0.15, 0.2) is 5.43 Å². The lowest BCUT2D eigenvalue weighted by Gasteiger charge is -2.37. The SMILES string of the molecule is CC(C)(C)C1CCC(c2cc(=O)c3cnccc3[nH]2)CC1. The Hall–Kier alpha value is -1.64. The number of fused-ring (bicyclic) bond motifs is 1. The summed E-state index contributed by atoms with van der Waals surface area (Å²) in [6.07, 6.45) is 8.24. The van der Waals surface area contributed by atoms with Crippen LogP contribution in [0.3, 0.4) is 0 Å². The van der Waals surface area contributed by atoms with Gasteiger partial charge in [-0.25, -0.2) is 0 Å². The number of H-pyrrole nitrogens is 1. The first-order chi connectivity index (χ1) is 9.95. The molecule has 2 heterocycles. The summed E-state index contributed by atoms with van der Waals surface area (Å²) in [7, 11) is 0. The van der Waals surface area contributed by atoms with E-state index in [0.29, 0.717) is 16.7 Å². The van der Waals surface area contributed by atoms with E-state index in [1.807, 2.05) is 6.07 Å². The van der Waals surface area contributed by atoms with Gasteiger partial charge in [-0.2, -0.15) is 0 Å². The average Bonchev–Trinajstić information content (AvgIpc) is 2.46. The molecule has 0 spiro atoms. The zero-order chi connectivity index (χ0) is 15.0. The third kappa shape index (κ3) is 2.87. The van der Waals surface area contributed by atoms with Gasteiger partial charge in [-0.1, -0.05) is 20.8 Å². The van der Waals surface area contributed by atoms with E-state index >= 15 is 0 Å². The van der Waals surface area contributed by atoms with Gasteiger partial charge in [0.05, 0.1) is 10.9 Å². The highest BCUT2D eigenvalue weighted by molar-refractivity contribution is 5.77. The fraction of sp³-hybridized carbons (Fsp3) is 0.556. The van der Waals surface area contributed by atoms with Crippen LogP contribution >= 0.6 is 0 Å². The van der Waals surface area contributed by atoms with E-state index in [1.54, 1.807) is 18.5 Å². The van der Waals surface area contributed by atoms with Gasteiger partial charge in [-0.05, 0) is 49.0 Å². The minimum atomic E-state index is 0.0878. The molecule has 0 unspecified atom stereocenters. The lowest BCUT2D eigenvalue weighted by Crippen LogP contribution is -2.25. The van der Waals surface area contributed by atoms with Crippen LogP contribution in [0.25, 0.3) is 10.9 Å². The number of hydrogen-bond donors (Lipinski definition) is 1. The molecule has 21 heavy (non-hydrogen) atoms. The highest BCUT2D eigenvalue weighted by atomic mass is 16.1. The van der Waals surface area contributed by atoms with Crippen LogP contribution in [0.15, 0.2) is 29.3 Å². The molecule has 3 nitrogen and oxygen atoms in total. The average molecular weight is 284 g/mol. The predicted molar refractivity (Wildman–Crippen MR) is 86.5 cm³/mol. The van der Waals surface area contributed by atoms with Crippen LogP contribution in [0.5, 0.6) is 0 Å². The maximum Gasteiger partial charge on any atom is 0.191 e. The molecule has 0 saturated heterocycles. The van der Waals surface area contributed by atoms with Gasteiger partial charge in [0.2, 0.25) is 0 Å². The van der Waals surface area contributed by atoms with Gasteiger partial charge >= 0.3 is 0 Å². The second-order valence-corrected chi connectivity index (χ2v) is 7.42. The smallest absolute Gasteiger partial charge is 0.191 e. The molecular formula is C18H24N2O. The molecule has 1 fully saturated rings. The number of nitrogens with zero attached hydrogens (tertiary/aromatic N) is 1. The zero-order valence-corrected chi connectivity index (χ0v) is 13.1. The first-order valence-electron chi connectivity index (χ1n) is 7.92. The van der Waals surface area contributed by atoms with Crippen molar-refractivity contribution in [3.05, 3.63) is 40.4 Å². The standard InChI is InChI=1S/C18H24N2O/c1-18(2,3)13-6-4-12(5-7-13)16-10-17(21)14-11-19-9-8-15(14)20-16/h8-13H,4-7H2,1-3H3,(H,20,21). The summed E-state index contributed by atoms with van der Waals surface area (Å²) in [6.45, 7) is 7.01. The number of aromatic amines is 1. The van der Waals surface area contributed by atoms with E-state index in [1.165, 1.54) is 25.7 Å². The van der Waals surface area contributed by atoms with E-state index in [-0.39, 0.29) is 5.43 Å². The Morgan fingerprint density at radius 1 is 1.19 bits per heavy atom. The molecule has 1 aliphatic rings. The third-order valence-electron chi connectivity index (χ3n) is 5.04. The summed E-state index contributed by atoms with van der Waals surface area (Å²) < 4.78 is 0. The Labute approximate surface area is 125 Å². The Morgan fingerprint density at radius 2 is 1.90 bits per heavy atom. The molecule has 1 aliphatic carbocycles. The first kappa shape index (κ1) is 14.3.